The molecule has 0 bridgehead atoms. The predicted octanol–water partition coefficient (Wildman–Crippen LogP) is 2.85. The molecule has 156 valence electrons. The molecule has 0 unspecified atom stereocenters. The fraction of sp³-hybridized carbons (Fsp3) is 0.409. The van der Waals surface area contributed by atoms with Crippen molar-refractivity contribution in [3.8, 4) is 0 Å². The maximum Gasteiger partial charge on any atom is 0.254 e. The number of hydrogen-bond acceptors (Lipinski definition) is 4. The molecule has 1 N–H and O–H groups in total. The Morgan fingerprint density at radius 2 is 1.86 bits per heavy atom. The largest absolute Gasteiger partial charge is 0.374 e. The SMILES string of the molecule is CC[C@@H](C)NS(=O)(=O)c1ccc(C(=O)N2CCO[C@H](Cc3ccccc3)C2)cc1. The average Bonchev–Trinajstić information content (AvgIpc) is 2.74. The second-order valence-electron chi connectivity index (χ2n) is 7.39. The Morgan fingerprint density at radius 1 is 1.17 bits per heavy atom. The Morgan fingerprint density at radius 3 is 2.52 bits per heavy atom. The van der Waals surface area contributed by atoms with Gasteiger partial charge in [0.15, 0.2) is 0 Å². The van der Waals surface area contributed by atoms with Gasteiger partial charge in [-0.15, -0.1) is 0 Å². The summed E-state index contributed by atoms with van der Waals surface area (Å²) in [6.45, 7) is 5.28. The van der Waals surface area contributed by atoms with Gasteiger partial charge in [0.05, 0.1) is 17.6 Å². The molecule has 0 saturated carbocycles. The number of nitrogens with zero attached hydrogens (tertiary/aromatic N) is 1. The Labute approximate surface area is 172 Å². The zero-order chi connectivity index (χ0) is 20.9. The van der Waals surface area contributed by atoms with Gasteiger partial charge in [-0.05, 0) is 43.2 Å². The minimum Gasteiger partial charge on any atom is -0.374 e. The van der Waals surface area contributed by atoms with Gasteiger partial charge in [0.2, 0.25) is 10.0 Å². The van der Waals surface area contributed by atoms with Gasteiger partial charge in [0, 0.05) is 31.1 Å². The summed E-state index contributed by atoms with van der Waals surface area (Å²) < 4.78 is 33.2. The lowest BCUT2D eigenvalue weighted by Crippen LogP contribution is -2.46. The van der Waals surface area contributed by atoms with E-state index >= 15 is 0 Å². The molecule has 2 aromatic rings. The second-order valence-corrected chi connectivity index (χ2v) is 9.10. The Balaban J connectivity index is 1.65. The van der Waals surface area contributed by atoms with Gasteiger partial charge in [-0.25, -0.2) is 13.1 Å². The third kappa shape index (κ3) is 5.65. The topological polar surface area (TPSA) is 75.7 Å². The first-order valence-corrected chi connectivity index (χ1v) is 11.4. The first-order chi connectivity index (χ1) is 13.9. The third-order valence-electron chi connectivity index (χ3n) is 5.11. The van der Waals surface area contributed by atoms with E-state index in [0.717, 1.165) is 6.42 Å². The number of rotatable bonds is 7. The molecule has 7 heteroatoms. The molecule has 2 aromatic carbocycles. The molecular formula is C22H28N2O4S. The molecule has 0 aromatic heterocycles. The molecule has 29 heavy (non-hydrogen) atoms. The summed E-state index contributed by atoms with van der Waals surface area (Å²) in [7, 11) is -3.58. The molecule has 0 spiro atoms. The summed E-state index contributed by atoms with van der Waals surface area (Å²) in [5.41, 5.74) is 1.66. The maximum atomic E-state index is 12.9. The zero-order valence-corrected chi connectivity index (χ0v) is 17.7. The number of carbonyl (C=O) groups is 1. The van der Waals surface area contributed by atoms with Crippen molar-refractivity contribution < 1.29 is 17.9 Å². The number of hydrogen-bond donors (Lipinski definition) is 1. The van der Waals surface area contributed by atoms with Crippen LogP contribution in [0.5, 0.6) is 0 Å². The van der Waals surface area contributed by atoms with Crippen molar-refractivity contribution in [1.29, 1.82) is 0 Å². The normalized spacial score (nSPS) is 18.4. The Bertz CT molecular complexity index is 914. The number of sulfonamides is 1. The van der Waals surface area contributed by atoms with Gasteiger partial charge < -0.3 is 9.64 Å². The highest BCUT2D eigenvalue weighted by atomic mass is 32.2. The van der Waals surface area contributed by atoms with Crippen molar-refractivity contribution in [3.05, 3.63) is 65.7 Å². The van der Waals surface area contributed by atoms with Crippen LogP contribution in [-0.2, 0) is 21.2 Å². The molecule has 1 saturated heterocycles. The van der Waals surface area contributed by atoms with E-state index in [9.17, 15) is 13.2 Å². The highest BCUT2D eigenvalue weighted by molar-refractivity contribution is 7.89. The van der Waals surface area contributed by atoms with Crippen LogP contribution < -0.4 is 4.72 Å². The molecule has 1 fully saturated rings. The molecule has 1 heterocycles. The van der Waals surface area contributed by atoms with Crippen LogP contribution in [0.4, 0.5) is 0 Å². The summed E-state index contributed by atoms with van der Waals surface area (Å²) in [5, 5.41) is 0. The van der Waals surface area contributed by atoms with E-state index in [4.69, 9.17) is 4.74 Å². The smallest absolute Gasteiger partial charge is 0.254 e. The van der Waals surface area contributed by atoms with E-state index < -0.39 is 10.0 Å². The first kappa shape index (κ1) is 21.5. The minimum atomic E-state index is -3.58. The van der Waals surface area contributed by atoms with Crippen molar-refractivity contribution >= 4 is 15.9 Å². The summed E-state index contributed by atoms with van der Waals surface area (Å²) in [6, 6.07) is 16.1. The molecule has 6 nitrogen and oxygen atoms in total. The summed E-state index contributed by atoms with van der Waals surface area (Å²) in [4.78, 5) is 14.8. The summed E-state index contributed by atoms with van der Waals surface area (Å²) in [6.07, 6.45) is 1.41. The van der Waals surface area contributed by atoms with Crippen LogP contribution in [0.3, 0.4) is 0 Å². The summed E-state index contributed by atoms with van der Waals surface area (Å²) >= 11 is 0. The first-order valence-electron chi connectivity index (χ1n) is 9.96. The second kappa shape index (κ2) is 9.52. The number of amides is 1. The zero-order valence-electron chi connectivity index (χ0n) is 16.9. The van der Waals surface area contributed by atoms with Gasteiger partial charge in [-0.3, -0.25) is 4.79 Å². The van der Waals surface area contributed by atoms with Crippen LogP contribution in [0.2, 0.25) is 0 Å². The lowest BCUT2D eigenvalue weighted by Gasteiger charge is -2.33. The van der Waals surface area contributed by atoms with Crippen LogP contribution in [0, 0.1) is 0 Å². The predicted molar refractivity (Wildman–Crippen MR) is 112 cm³/mol. The molecule has 1 amide bonds. The van der Waals surface area contributed by atoms with Crippen LogP contribution in [0.25, 0.3) is 0 Å². The number of carbonyl (C=O) groups excluding carboxylic acids is 1. The standard InChI is InChI=1S/C22H28N2O4S/c1-3-17(2)23-29(26,27)21-11-9-19(10-12-21)22(25)24-13-14-28-20(16-24)15-18-7-5-4-6-8-18/h4-12,17,20,23H,3,13-16H2,1-2H3/t17-,20-/m1/s1. The average molecular weight is 417 g/mol. The molecule has 3 rings (SSSR count). The molecule has 0 radical (unpaired) electrons. The van der Waals surface area contributed by atoms with Gasteiger partial charge >= 0.3 is 0 Å². The van der Waals surface area contributed by atoms with Crippen molar-refractivity contribution in [2.45, 2.75) is 43.7 Å². The van der Waals surface area contributed by atoms with E-state index in [-0.39, 0.29) is 22.9 Å². The van der Waals surface area contributed by atoms with Crippen molar-refractivity contribution in [2.75, 3.05) is 19.7 Å². The van der Waals surface area contributed by atoms with Crippen LogP contribution in [0.15, 0.2) is 59.5 Å². The van der Waals surface area contributed by atoms with E-state index in [1.54, 1.807) is 17.0 Å². The van der Waals surface area contributed by atoms with Crippen molar-refractivity contribution in [3.63, 3.8) is 0 Å². The van der Waals surface area contributed by atoms with Crippen LogP contribution >= 0.6 is 0 Å². The molecular weight excluding hydrogens is 388 g/mol. The van der Waals surface area contributed by atoms with Gasteiger partial charge in [0.1, 0.15) is 0 Å². The lowest BCUT2D eigenvalue weighted by atomic mass is 10.1. The highest BCUT2D eigenvalue weighted by Gasteiger charge is 2.26. The maximum absolute atomic E-state index is 12.9. The van der Waals surface area contributed by atoms with Crippen molar-refractivity contribution in [1.82, 2.24) is 9.62 Å². The van der Waals surface area contributed by atoms with Gasteiger partial charge in [0.25, 0.3) is 5.91 Å². The van der Waals surface area contributed by atoms with Gasteiger partial charge in [-0.1, -0.05) is 37.3 Å². The van der Waals surface area contributed by atoms with E-state index in [0.29, 0.717) is 31.7 Å². The molecule has 0 aliphatic carbocycles. The molecule has 1 aliphatic rings. The fourth-order valence-electron chi connectivity index (χ4n) is 3.28. The summed E-state index contributed by atoms with van der Waals surface area (Å²) in [5.74, 6) is -0.106. The lowest BCUT2D eigenvalue weighted by molar-refractivity contribution is -0.0208. The van der Waals surface area contributed by atoms with E-state index in [2.05, 4.69) is 16.9 Å². The monoisotopic (exact) mass is 416 g/mol. The van der Waals surface area contributed by atoms with E-state index in [1.807, 2.05) is 32.0 Å². The highest BCUT2D eigenvalue weighted by Crippen LogP contribution is 2.17. The number of benzene rings is 2. The fourth-order valence-corrected chi connectivity index (χ4v) is 4.61. The van der Waals surface area contributed by atoms with Crippen LogP contribution in [0.1, 0.15) is 36.2 Å². The molecule has 2 atom stereocenters. The molecule has 1 aliphatic heterocycles. The Hall–Kier alpha value is -2.22. The number of morpholine rings is 1. The number of ether oxygens (including phenoxy) is 1. The van der Waals surface area contributed by atoms with Gasteiger partial charge in [-0.2, -0.15) is 0 Å². The van der Waals surface area contributed by atoms with E-state index in [1.165, 1.54) is 17.7 Å². The Kier molecular flexibility index (Phi) is 7.05. The van der Waals surface area contributed by atoms with Crippen molar-refractivity contribution in [2.24, 2.45) is 0 Å². The van der Waals surface area contributed by atoms with Crippen LogP contribution in [-0.4, -0.2) is 51.1 Å². The quantitative estimate of drug-likeness (QED) is 0.753. The third-order valence-corrected chi connectivity index (χ3v) is 6.72. The number of nitrogens with one attached hydrogen (secondary N) is 1. The minimum absolute atomic E-state index is 0.0468.